The first-order valence-electron chi connectivity index (χ1n) is 7.84. The Morgan fingerprint density at radius 1 is 1.52 bits per heavy atom. The molecule has 126 valence electrons. The van der Waals surface area contributed by atoms with Gasteiger partial charge in [0.1, 0.15) is 5.82 Å². The maximum atomic E-state index is 12.4. The number of likely N-dealkylation sites (tertiary alicyclic amines) is 1. The van der Waals surface area contributed by atoms with Crippen molar-refractivity contribution in [2.24, 2.45) is 5.92 Å². The number of pyridine rings is 1. The van der Waals surface area contributed by atoms with Crippen LogP contribution in [0.25, 0.3) is 0 Å². The van der Waals surface area contributed by atoms with Crippen LogP contribution in [0.5, 0.6) is 0 Å². The Labute approximate surface area is 141 Å². The van der Waals surface area contributed by atoms with Gasteiger partial charge in [0.25, 0.3) is 0 Å². The molecule has 1 fully saturated rings. The van der Waals surface area contributed by atoms with Gasteiger partial charge in [0.2, 0.25) is 5.91 Å². The number of hydrogen-bond donors (Lipinski definition) is 1. The Balaban J connectivity index is 1.93. The van der Waals surface area contributed by atoms with Crippen LogP contribution in [0.15, 0.2) is 18.3 Å². The zero-order valence-corrected chi connectivity index (χ0v) is 14.2. The second-order valence-electron chi connectivity index (χ2n) is 5.61. The van der Waals surface area contributed by atoms with E-state index in [9.17, 15) is 9.59 Å². The van der Waals surface area contributed by atoms with Crippen LogP contribution in [0.1, 0.15) is 26.7 Å². The highest BCUT2D eigenvalue weighted by Crippen LogP contribution is 2.20. The van der Waals surface area contributed by atoms with Gasteiger partial charge in [-0.2, -0.15) is 0 Å². The van der Waals surface area contributed by atoms with E-state index in [1.807, 2.05) is 11.8 Å². The molecule has 1 amide bonds. The molecular formula is C16H22ClN3O3. The highest BCUT2D eigenvalue weighted by atomic mass is 35.5. The standard InChI is InChI=1S/C16H22ClN3O3/c1-3-23-16(22)12-5-4-8-20(10-12)11(2)15(21)19-14-7-6-13(17)9-18-14/h6-7,9,11-12H,3-5,8,10H2,1-2H3,(H,18,19,21)/t11-,12-/m1/s1. The number of amides is 1. The molecule has 1 aliphatic heterocycles. The third-order valence-corrected chi connectivity index (χ3v) is 4.20. The molecule has 1 aromatic heterocycles. The highest BCUT2D eigenvalue weighted by Gasteiger charge is 2.31. The van der Waals surface area contributed by atoms with Crippen molar-refractivity contribution in [3.05, 3.63) is 23.4 Å². The molecular weight excluding hydrogens is 318 g/mol. The van der Waals surface area contributed by atoms with E-state index < -0.39 is 0 Å². The average molecular weight is 340 g/mol. The highest BCUT2D eigenvalue weighted by molar-refractivity contribution is 6.30. The molecule has 1 aliphatic rings. The van der Waals surface area contributed by atoms with E-state index in [0.717, 1.165) is 19.4 Å². The van der Waals surface area contributed by atoms with Gasteiger partial charge in [-0.3, -0.25) is 14.5 Å². The molecule has 1 N–H and O–H groups in total. The van der Waals surface area contributed by atoms with E-state index >= 15 is 0 Å². The fourth-order valence-electron chi connectivity index (χ4n) is 2.66. The molecule has 2 rings (SSSR count). The number of aromatic nitrogens is 1. The fraction of sp³-hybridized carbons (Fsp3) is 0.562. The summed E-state index contributed by atoms with van der Waals surface area (Å²) in [4.78, 5) is 30.3. The van der Waals surface area contributed by atoms with Gasteiger partial charge in [-0.15, -0.1) is 0 Å². The third-order valence-electron chi connectivity index (χ3n) is 3.98. The van der Waals surface area contributed by atoms with Gasteiger partial charge in [-0.25, -0.2) is 4.98 Å². The zero-order valence-electron chi connectivity index (χ0n) is 13.4. The van der Waals surface area contributed by atoms with Crippen LogP contribution in [0.2, 0.25) is 5.02 Å². The molecule has 0 spiro atoms. The van der Waals surface area contributed by atoms with Crippen molar-refractivity contribution in [3.63, 3.8) is 0 Å². The van der Waals surface area contributed by atoms with Gasteiger partial charge >= 0.3 is 5.97 Å². The van der Waals surface area contributed by atoms with Crippen LogP contribution in [-0.4, -0.2) is 47.5 Å². The monoisotopic (exact) mass is 339 g/mol. The summed E-state index contributed by atoms with van der Waals surface area (Å²) in [5, 5.41) is 3.29. The van der Waals surface area contributed by atoms with Crippen molar-refractivity contribution < 1.29 is 14.3 Å². The quantitative estimate of drug-likeness (QED) is 0.834. The first-order valence-corrected chi connectivity index (χ1v) is 8.22. The van der Waals surface area contributed by atoms with E-state index in [1.54, 1.807) is 19.1 Å². The van der Waals surface area contributed by atoms with Crippen molar-refractivity contribution >= 4 is 29.3 Å². The number of nitrogens with one attached hydrogen (secondary N) is 1. The predicted molar refractivity (Wildman–Crippen MR) is 88.3 cm³/mol. The average Bonchev–Trinajstić information content (AvgIpc) is 2.56. The molecule has 6 nitrogen and oxygen atoms in total. The van der Waals surface area contributed by atoms with E-state index in [0.29, 0.717) is 24.0 Å². The number of halogens is 1. The van der Waals surface area contributed by atoms with Gasteiger partial charge in [-0.05, 0) is 45.4 Å². The minimum absolute atomic E-state index is 0.149. The Kier molecular flexibility index (Phi) is 6.36. The minimum atomic E-state index is -0.343. The van der Waals surface area contributed by atoms with Gasteiger partial charge in [0, 0.05) is 12.7 Å². The van der Waals surface area contributed by atoms with Crippen LogP contribution < -0.4 is 5.32 Å². The predicted octanol–water partition coefficient (Wildman–Crippen LogP) is 2.34. The topological polar surface area (TPSA) is 71.5 Å². The number of rotatable bonds is 5. The molecule has 0 aliphatic carbocycles. The molecule has 0 saturated carbocycles. The number of carbonyl (C=O) groups is 2. The summed E-state index contributed by atoms with van der Waals surface area (Å²) in [5.74, 6) is -0.0219. The van der Waals surface area contributed by atoms with E-state index in [4.69, 9.17) is 16.3 Å². The first-order chi connectivity index (χ1) is 11.0. The van der Waals surface area contributed by atoms with Crippen molar-refractivity contribution in [1.29, 1.82) is 0 Å². The summed E-state index contributed by atoms with van der Waals surface area (Å²) in [6.07, 6.45) is 3.17. The van der Waals surface area contributed by atoms with Crippen LogP contribution in [0.4, 0.5) is 5.82 Å². The molecule has 0 aromatic carbocycles. The van der Waals surface area contributed by atoms with Crippen LogP contribution in [0, 0.1) is 5.92 Å². The van der Waals surface area contributed by atoms with Crippen LogP contribution in [-0.2, 0) is 14.3 Å². The maximum absolute atomic E-state index is 12.4. The number of anilines is 1. The Morgan fingerprint density at radius 2 is 2.30 bits per heavy atom. The Morgan fingerprint density at radius 3 is 2.96 bits per heavy atom. The molecule has 7 heteroatoms. The number of carbonyl (C=O) groups excluding carboxylic acids is 2. The van der Waals surface area contributed by atoms with E-state index in [1.165, 1.54) is 6.20 Å². The summed E-state index contributed by atoms with van der Waals surface area (Å²) in [6.45, 7) is 5.35. The molecule has 0 unspecified atom stereocenters. The summed E-state index contributed by atoms with van der Waals surface area (Å²) in [7, 11) is 0. The lowest BCUT2D eigenvalue weighted by atomic mass is 9.97. The molecule has 0 bridgehead atoms. The van der Waals surface area contributed by atoms with Gasteiger partial charge < -0.3 is 10.1 Å². The second kappa shape index (κ2) is 8.26. The summed E-state index contributed by atoms with van der Waals surface area (Å²) < 4.78 is 5.09. The number of esters is 1. The molecule has 23 heavy (non-hydrogen) atoms. The first kappa shape index (κ1) is 17.7. The number of ether oxygens (including phenoxy) is 1. The second-order valence-corrected chi connectivity index (χ2v) is 6.05. The zero-order chi connectivity index (χ0) is 16.8. The lowest BCUT2D eigenvalue weighted by molar-refractivity contribution is -0.150. The lowest BCUT2D eigenvalue weighted by Gasteiger charge is -2.34. The number of nitrogens with zero attached hydrogens (tertiary/aromatic N) is 2. The summed E-state index contributed by atoms with van der Waals surface area (Å²) in [6, 6.07) is 2.99. The number of piperidine rings is 1. The van der Waals surface area contributed by atoms with E-state index in [-0.39, 0.29) is 23.8 Å². The third kappa shape index (κ3) is 4.91. The fourth-order valence-corrected chi connectivity index (χ4v) is 2.77. The molecule has 2 atom stereocenters. The van der Waals surface area contributed by atoms with Gasteiger partial charge in [0.15, 0.2) is 0 Å². The normalized spacial score (nSPS) is 19.9. The van der Waals surface area contributed by atoms with Crippen LogP contribution >= 0.6 is 11.6 Å². The van der Waals surface area contributed by atoms with E-state index in [2.05, 4.69) is 10.3 Å². The lowest BCUT2D eigenvalue weighted by Crippen LogP contribution is -2.48. The Hall–Kier alpha value is -1.66. The molecule has 1 saturated heterocycles. The minimum Gasteiger partial charge on any atom is -0.466 e. The number of hydrogen-bond acceptors (Lipinski definition) is 5. The maximum Gasteiger partial charge on any atom is 0.310 e. The van der Waals surface area contributed by atoms with Crippen molar-refractivity contribution in [1.82, 2.24) is 9.88 Å². The SMILES string of the molecule is CCOC(=O)[C@@H]1CCCN([C@H](C)C(=O)Nc2ccc(Cl)cn2)C1. The van der Waals surface area contributed by atoms with Crippen molar-refractivity contribution in [3.8, 4) is 0 Å². The van der Waals surface area contributed by atoms with Crippen molar-refractivity contribution in [2.45, 2.75) is 32.7 Å². The smallest absolute Gasteiger partial charge is 0.310 e. The molecule has 2 heterocycles. The van der Waals surface area contributed by atoms with Gasteiger partial charge in [0.05, 0.1) is 23.6 Å². The molecule has 1 aromatic rings. The summed E-state index contributed by atoms with van der Waals surface area (Å²) >= 11 is 5.78. The largest absolute Gasteiger partial charge is 0.466 e. The van der Waals surface area contributed by atoms with Crippen LogP contribution in [0.3, 0.4) is 0 Å². The van der Waals surface area contributed by atoms with Gasteiger partial charge in [-0.1, -0.05) is 11.6 Å². The summed E-state index contributed by atoms with van der Waals surface area (Å²) in [5.41, 5.74) is 0. The Bertz CT molecular complexity index is 550. The van der Waals surface area contributed by atoms with Crippen molar-refractivity contribution in [2.75, 3.05) is 25.0 Å². The molecule has 0 radical (unpaired) electrons.